The van der Waals surface area contributed by atoms with E-state index in [1.54, 1.807) is 18.7 Å². The predicted molar refractivity (Wildman–Crippen MR) is 108 cm³/mol. The maximum atomic E-state index is 13.1. The number of benzene rings is 1. The summed E-state index contributed by atoms with van der Waals surface area (Å²) < 4.78 is 87.2. The Morgan fingerprint density at radius 3 is 2.15 bits per heavy atom. The van der Waals surface area contributed by atoms with E-state index in [2.05, 4.69) is 10.1 Å². The molecule has 0 bridgehead atoms. The average molecular weight is 517 g/mol. The molecule has 0 spiro atoms. The van der Waals surface area contributed by atoms with Gasteiger partial charge in [-0.3, -0.25) is 4.90 Å². The van der Waals surface area contributed by atoms with Crippen molar-refractivity contribution in [3.05, 3.63) is 34.9 Å². The quantitative estimate of drug-likeness (QED) is 0.485. The summed E-state index contributed by atoms with van der Waals surface area (Å²) in [4.78, 5) is 25.0. The summed E-state index contributed by atoms with van der Waals surface area (Å²) in [6.07, 6.45) is -11.6. The zero-order chi connectivity index (χ0) is 25.5. The van der Waals surface area contributed by atoms with Gasteiger partial charge in [-0.05, 0) is 17.7 Å². The monoisotopic (exact) mass is 516 g/mol. The SMILES string of the molecule is CC1(C)CN([C@H]2CNCC2OC(=O)C(F)(F)F)CC[C@]1(OC(=O)C(F)(F)F)c1ccc(Cl)cc1. The maximum Gasteiger partial charge on any atom is 0.490 e. The number of esters is 2. The van der Waals surface area contributed by atoms with E-state index in [0.29, 0.717) is 10.6 Å². The van der Waals surface area contributed by atoms with Crippen LogP contribution in [0.2, 0.25) is 5.02 Å². The highest BCUT2D eigenvalue weighted by Gasteiger charge is 2.58. The minimum Gasteiger partial charge on any atom is -0.453 e. The van der Waals surface area contributed by atoms with Crippen LogP contribution in [0.3, 0.4) is 0 Å². The number of rotatable bonds is 4. The van der Waals surface area contributed by atoms with Gasteiger partial charge in [0.05, 0.1) is 6.04 Å². The first-order chi connectivity index (χ1) is 15.6. The van der Waals surface area contributed by atoms with E-state index in [1.165, 1.54) is 24.3 Å². The van der Waals surface area contributed by atoms with Crippen LogP contribution in [-0.4, -0.2) is 67.5 Å². The summed E-state index contributed by atoms with van der Waals surface area (Å²) in [6, 6.07) is 5.25. The Morgan fingerprint density at radius 1 is 1.03 bits per heavy atom. The van der Waals surface area contributed by atoms with E-state index in [1.807, 2.05) is 0 Å². The zero-order valence-electron chi connectivity index (χ0n) is 18.2. The number of hydrogen-bond acceptors (Lipinski definition) is 6. The lowest BCUT2D eigenvalue weighted by Gasteiger charge is -2.54. The van der Waals surface area contributed by atoms with Gasteiger partial charge in [0.2, 0.25) is 0 Å². The summed E-state index contributed by atoms with van der Waals surface area (Å²) in [5.74, 6) is -4.65. The molecule has 0 saturated carbocycles. The number of alkyl halides is 6. The maximum absolute atomic E-state index is 13.1. The number of piperidine rings is 1. The molecule has 2 saturated heterocycles. The van der Waals surface area contributed by atoms with Gasteiger partial charge in [-0.2, -0.15) is 26.3 Å². The van der Waals surface area contributed by atoms with E-state index in [-0.39, 0.29) is 32.6 Å². The number of hydrogen-bond donors (Lipinski definition) is 1. The molecule has 0 radical (unpaired) electrons. The van der Waals surface area contributed by atoms with Gasteiger partial charge < -0.3 is 14.8 Å². The Hall–Kier alpha value is -2.05. The van der Waals surface area contributed by atoms with Crippen molar-refractivity contribution in [3.8, 4) is 0 Å². The van der Waals surface area contributed by atoms with Crippen molar-refractivity contribution in [3.63, 3.8) is 0 Å². The molecule has 13 heteroatoms. The first-order valence-corrected chi connectivity index (χ1v) is 10.7. The lowest BCUT2D eigenvalue weighted by atomic mass is 9.66. The highest BCUT2D eigenvalue weighted by Crippen LogP contribution is 2.50. The summed E-state index contributed by atoms with van der Waals surface area (Å²) in [6.45, 7) is 3.54. The van der Waals surface area contributed by atoms with Crippen LogP contribution in [0.4, 0.5) is 26.3 Å². The highest BCUT2D eigenvalue weighted by molar-refractivity contribution is 6.30. The van der Waals surface area contributed by atoms with E-state index in [9.17, 15) is 35.9 Å². The second-order valence-electron chi connectivity index (χ2n) is 8.99. The molecule has 1 aromatic carbocycles. The number of nitrogens with one attached hydrogen (secondary N) is 1. The Morgan fingerprint density at radius 2 is 1.62 bits per heavy atom. The van der Waals surface area contributed by atoms with Gasteiger partial charge in [-0.25, -0.2) is 9.59 Å². The molecule has 34 heavy (non-hydrogen) atoms. The molecule has 2 aliphatic heterocycles. The van der Waals surface area contributed by atoms with Gasteiger partial charge in [0, 0.05) is 43.0 Å². The van der Waals surface area contributed by atoms with Gasteiger partial charge >= 0.3 is 24.3 Å². The summed E-state index contributed by atoms with van der Waals surface area (Å²) in [7, 11) is 0. The molecule has 2 fully saturated rings. The molecular formula is C21H23ClF6N2O4. The lowest BCUT2D eigenvalue weighted by Crippen LogP contribution is -2.61. The van der Waals surface area contributed by atoms with Crippen molar-refractivity contribution in [1.82, 2.24) is 10.2 Å². The van der Waals surface area contributed by atoms with Gasteiger partial charge in [-0.1, -0.05) is 37.6 Å². The largest absolute Gasteiger partial charge is 0.490 e. The lowest BCUT2D eigenvalue weighted by molar-refractivity contribution is -0.236. The molecule has 1 N–H and O–H groups in total. The molecule has 1 unspecified atom stereocenters. The topological polar surface area (TPSA) is 67.9 Å². The summed E-state index contributed by atoms with van der Waals surface area (Å²) in [5, 5.41) is 3.22. The minimum atomic E-state index is -5.22. The highest BCUT2D eigenvalue weighted by atomic mass is 35.5. The zero-order valence-corrected chi connectivity index (χ0v) is 19.0. The third-order valence-corrected chi connectivity index (χ3v) is 6.59. The fraction of sp³-hybridized carbons (Fsp3) is 0.619. The number of carbonyl (C=O) groups is 2. The van der Waals surface area contributed by atoms with Crippen LogP contribution in [-0.2, 0) is 24.7 Å². The Balaban J connectivity index is 1.89. The molecule has 2 aliphatic rings. The van der Waals surface area contributed by atoms with Crippen molar-refractivity contribution < 1.29 is 45.4 Å². The van der Waals surface area contributed by atoms with Crippen LogP contribution in [0.25, 0.3) is 0 Å². The standard InChI is InChI=1S/C21H23ClF6N2O4/c1-18(2)11-30(14-9-29-10-15(14)33-16(31)20(23,24)25)8-7-19(18,34-17(32)21(26,27)28)12-3-5-13(22)6-4-12/h3-6,14-15,29H,7-11H2,1-2H3/t14-,15?,19-/m0/s1. The average Bonchev–Trinajstić information content (AvgIpc) is 3.16. The number of nitrogens with zero attached hydrogens (tertiary/aromatic N) is 1. The second-order valence-corrected chi connectivity index (χ2v) is 9.43. The van der Waals surface area contributed by atoms with Crippen LogP contribution in [0.5, 0.6) is 0 Å². The van der Waals surface area contributed by atoms with Crippen LogP contribution < -0.4 is 5.32 Å². The van der Waals surface area contributed by atoms with Crippen LogP contribution in [0.1, 0.15) is 25.8 Å². The number of carbonyl (C=O) groups excluding carboxylic acids is 2. The van der Waals surface area contributed by atoms with Gasteiger partial charge in [0.1, 0.15) is 11.7 Å². The molecule has 2 heterocycles. The van der Waals surface area contributed by atoms with Crippen LogP contribution in [0, 0.1) is 5.41 Å². The molecule has 3 atom stereocenters. The Kier molecular flexibility index (Phi) is 7.18. The fourth-order valence-electron chi connectivity index (χ4n) is 4.69. The van der Waals surface area contributed by atoms with Crippen molar-refractivity contribution in [1.29, 1.82) is 0 Å². The summed E-state index contributed by atoms with van der Waals surface area (Å²) >= 11 is 5.92. The fourth-order valence-corrected chi connectivity index (χ4v) is 4.81. The molecule has 6 nitrogen and oxygen atoms in total. The molecular weight excluding hydrogens is 494 g/mol. The Bertz CT molecular complexity index is 921. The van der Waals surface area contributed by atoms with Crippen LogP contribution >= 0.6 is 11.6 Å². The van der Waals surface area contributed by atoms with Crippen molar-refractivity contribution >= 4 is 23.5 Å². The third kappa shape index (κ3) is 5.28. The number of likely N-dealkylation sites (tertiary alicyclic amines) is 1. The smallest absolute Gasteiger partial charge is 0.453 e. The van der Waals surface area contributed by atoms with Gasteiger partial charge in [0.15, 0.2) is 0 Å². The normalized spacial score (nSPS) is 27.9. The molecule has 190 valence electrons. The molecule has 3 rings (SSSR count). The molecule has 0 amide bonds. The molecule has 0 aromatic heterocycles. The van der Waals surface area contributed by atoms with E-state index >= 15 is 0 Å². The summed E-state index contributed by atoms with van der Waals surface area (Å²) in [5.41, 5.74) is -2.50. The first-order valence-electron chi connectivity index (χ1n) is 10.4. The predicted octanol–water partition coefficient (Wildman–Crippen LogP) is 3.82. The van der Waals surface area contributed by atoms with Crippen molar-refractivity contribution in [2.45, 2.75) is 50.4 Å². The van der Waals surface area contributed by atoms with E-state index in [0.717, 1.165) is 0 Å². The second kappa shape index (κ2) is 9.19. The minimum absolute atomic E-state index is 0.00516. The van der Waals surface area contributed by atoms with Gasteiger partial charge in [-0.15, -0.1) is 0 Å². The van der Waals surface area contributed by atoms with Gasteiger partial charge in [0.25, 0.3) is 0 Å². The van der Waals surface area contributed by atoms with Crippen molar-refractivity contribution in [2.24, 2.45) is 5.41 Å². The van der Waals surface area contributed by atoms with E-state index < -0.39 is 47.5 Å². The molecule has 1 aromatic rings. The Labute approximate surface area is 196 Å². The van der Waals surface area contributed by atoms with Crippen LogP contribution in [0.15, 0.2) is 24.3 Å². The van der Waals surface area contributed by atoms with E-state index in [4.69, 9.17) is 16.3 Å². The van der Waals surface area contributed by atoms with Crippen molar-refractivity contribution in [2.75, 3.05) is 26.2 Å². The molecule has 0 aliphatic carbocycles. The number of ether oxygens (including phenoxy) is 2. The third-order valence-electron chi connectivity index (χ3n) is 6.34. The first kappa shape index (κ1) is 26.6. The number of halogens is 7.